The van der Waals surface area contributed by atoms with Crippen molar-refractivity contribution >= 4 is 5.97 Å². The number of hydrogen-bond donors (Lipinski definition) is 1. The third-order valence-electron chi connectivity index (χ3n) is 1.59. The Bertz CT molecular complexity index is 288. The molecule has 12 heavy (non-hydrogen) atoms. The minimum Gasteiger partial charge on any atom is -0.478 e. The normalized spacial score (nSPS) is 9.67. The average molecular weight is 165 g/mol. The van der Waals surface area contributed by atoms with E-state index in [9.17, 15) is 4.79 Å². The van der Waals surface area contributed by atoms with Crippen molar-refractivity contribution in [1.82, 2.24) is 4.57 Å². The standard InChI is InChI=1S/C9H11NO2/c1-2-3-5-10-6-4-8(7-10)9(11)12/h2,4,6-7H,1,3,5H2,(H,11,12). The number of carbonyl (C=O) groups is 1. The molecule has 0 aliphatic rings. The van der Waals surface area contributed by atoms with Crippen LogP contribution in [0.4, 0.5) is 0 Å². The fraction of sp³-hybridized carbons (Fsp3) is 0.222. The van der Waals surface area contributed by atoms with E-state index >= 15 is 0 Å². The molecule has 3 nitrogen and oxygen atoms in total. The number of rotatable bonds is 4. The van der Waals surface area contributed by atoms with E-state index in [0.717, 1.165) is 13.0 Å². The monoisotopic (exact) mass is 165 g/mol. The minimum atomic E-state index is -0.882. The van der Waals surface area contributed by atoms with Gasteiger partial charge in [0, 0.05) is 18.9 Å². The number of hydrogen-bond acceptors (Lipinski definition) is 1. The van der Waals surface area contributed by atoms with Crippen LogP contribution in [0.25, 0.3) is 0 Å². The van der Waals surface area contributed by atoms with Crippen LogP contribution in [-0.4, -0.2) is 15.6 Å². The van der Waals surface area contributed by atoms with E-state index in [4.69, 9.17) is 5.11 Å². The second-order valence-corrected chi connectivity index (χ2v) is 2.52. The second kappa shape index (κ2) is 3.76. The van der Waals surface area contributed by atoms with Crippen LogP contribution in [0.2, 0.25) is 0 Å². The predicted molar refractivity (Wildman–Crippen MR) is 46.2 cm³/mol. The fourth-order valence-electron chi connectivity index (χ4n) is 0.947. The number of carboxylic acids is 1. The Labute approximate surface area is 70.9 Å². The molecular formula is C9H11NO2. The number of aromatic nitrogens is 1. The summed E-state index contributed by atoms with van der Waals surface area (Å²) < 4.78 is 1.84. The molecule has 0 atom stereocenters. The highest BCUT2D eigenvalue weighted by Crippen LogP contribution is 2.01. The van der Waals surface area contributed by atoms with Crippen LogP contribution in [-0.2, 0) is 6.54 Å². The summed E-state index contributed by atoms with van der Waals surface area (Å²) in [6.45, 7) is 4.38. The van der Waals surface area contributed by atoms with Crippen LogP contribution in [0.1, 0.15) is 16.8 Å². The first-order valence-electron chi connectivity index (χ1n) is 3.74. The van der Waals surface area contributed by atoms with Gasteiger partial charge < -0.3 is 9.67 Å². The van der Waals surface area contributed by atoms with E-state index in [1.54, 1.807) is 24.5 Å². The van der Waals surface area contributed by atoms with E-state index in [-0.39, 0.29) is 0 Å². The van der Waals surface area contributed by atoms with Crippen molar-refractivity contribution in [2.75, 3.05) is 0 Å². The van der Waals surface area contributed by atoms with E-state index in [1.807, 2.05) is 4.57 Å². The fourth-order valence-corrected chi connectivity index (χ4v) is 0.947. The maximum absolute atomic E-state index is 10.5. The van der Waals surface area contributed by atoms with Gasteiger partial charge in [0.15, 0.2) is 0 Å². The lowest BCUT2D eigenvalue weighted by Gasteiger charge is -1.96. The van der Waals surface area contributed by atoms with Crippen LogP contribution >= 0.6 is 0 Å². The van der Waals surface area contributed by atoms with Crippen LogP contribution in [0.3, 0.4) is 0 Å². The molecular weight excluding hydrogens is 154 g/mol. The molecule has 64 valence electrons. The van der Waals surface area contributed by atoms with Gasteiger partial charge in [-0.15, -0.1) is 6.58 Å². The largest absolute Gasteiger partial charge is 0.478 e. The molecule has 0 fully saturated rings. The third-order valence-corrected chi connectivity index (χ3v) is 1.59. The quantitative estimate of drug-likeness (QED) is 0.691. The maximum atomic E-state index is 10.5. The highest BCUT2D eigenvalue weighted by Gasteiger charge is 2.02. The highest BCUT2D eigenvalue weighted by atomic mass is 16.4. The molecule has 1 N–H and O–H groups in total. The molecule has 0 unspecified atom stereocenters. The third kappa shape index (κ3) is 1.99. The SMILES string of the molecule is C=CCCn1ccc(C(=O)O)c1. The maximum Gasteiger partial charge on any atom is 0.337 e. The lowest BCUT2D eigenvalue weighted by molar-refractivity contribution is 0.0697. The number of aryl methyl sites for hydroxylation is 1. The Kier molecular flexibility index (Phi) is 2.69. The summed E-state index contributed by atoms with van der Waals surface area (Å²) in [5.41, 5.74) is 0.332. The summed E-state index contributed by atoms with van der Waals surface area (Å²) in [6.07, 6.45) is 6.03. The first kappa shape index (κ1) is 8.59. The predicted octanol–water partition coefficient (Wildman–Crippen LogP) is 1.76. The van der Waals surface area contributed by atoms with Crippen molar-refractivity contribution in [3.8, 4) is 0 Å². The summed E-state index contributed by atoms with van der Waals surface area (Å²) in [4.78, 5) is 10.5. The molecule has 3 heteroatoms. The Morgan fingerprint density at radius 2 is 2.50 bits per heavy atom. The van der Waals surface area contributed by atoms with Crippen LogP contribution in [0.5, 0.6) is 0 Å². The van der Waals surface area contributed by atoms with Gasteiger partial charge >= 0.3 is 5.97 Å². The first-order chi connectivity index (χ1) is 5.74. The van der Waals surface area contributed by atoms with Crippen LogP contribution in [0.15, 0.2) is 31.1 Å². The molecule has 1 aromatic heterocycles. The van der Waals surface area contributed by atoms with Crippen molar-refractivity contribution in [2.45, 2.75) is 13.0 Å². The van der Waals surface area contributed by atoms with Gasteiger partial charge in [-0.05, 0) is 12.5 Å². The number of nitrogens with zero attached hydrogens (tertiary/aromatic N) is 1. The van der Waals surface area contributed by atoms with Crippen LogP contribution < -0.4 is 0 Å². The lowest BCUT2D eigenvalue weighted by atomic mass is 10.3. The highest BCUT2D eigenvalue weighted by molar-refractivity contribution is 5.87. The first-order valence-corrected chi connectivity index (χ1v) is 3.74. The van der Waals surface area contributed by atoms with E-state index in [0.29, 0.717) is 5.56 Å². The van der Waals surface area contributed by atoms with E-state index < -0.39 is 5.97 Å². The van der Waals surface area contributed by atoms with Crippen molar-refractivity contribution < 1.29 is 9.90 Å². The van der Waals surface area contributed by atoms with Crippen molar-refractivity contribution in [3.05, 3.63) is 36.7 Å². The zero-order chi connectivity index (χ0) is 8.97. The molecule has 0 aliphatic carbocycles. The molecule has 0 aliphatic heterocycles. The van der Waals surface area contributed by atoms with Gasteiger partial charge in [-0.2, -0.15) is 0 Å². The molecule has 1 aromatic rings. The van der Waals surface area contributed by atoms with Crippen molar-refractivity contribution in [3.63, 3.8) is 0 Å². The van der Waals surface area contributed by atoms with Gasteiger partial charge in [0.25, 0.3) is 0 Å². The van der Waals surface area contributed by atoms with Gasteiger partial charge in [-0.1, -0.05) is 6.08 Å². The summed E-state index contributed by atoms with van der Waals surface area (Å²) in [6, 6.07) is 1.59. The molecule has 0 radical (unpaired) electrons. The smallest absolute Gasteiger partial charge is 0.337 e. The Morgan fingerprint density at radius 1 is 1.75 bits per heavy atom. The Balaban J connectivity index is 2.64. The Morgan fingerprint density at radius 3 is 3.00 bits per heavy atom. The summed E-state index contributed by atoms with van der Waals surface area (Å²) in [5, 5.41) is 8.59. The van der Waals surface area contributed by atoms with E-state index in [2.05, 4.69) is 6.58 Å². The number of carboxylic acid groups (broad SMARTS) is 1. The molecule has 1 heterocycles. The lowest BCUT2D eigenvalue weighted by Crippen LogP contribution is -1.95. The van der Waals surface area contributed by atoms with Crippen LogP contribution in [0, 0.1) is 0 Å². The van der Waals surface area contributed by atoms with Gasteiger partial charge in [0.1, 0.15) is 0 Å². The summed E-state index contributed by atoms with van der Waals surface area (Å²) >= 11 is 0. The van der Waals surface area contributed by atoms with Gasteiger partial charge in [0.05, 0.1) is 5.56 Å². The molecule has 0 amide bonds. The van der Waals surface area contributed by atoms with Crippen molar-refractivity contribution in [2.24, 2.45) is 0 Å². The zero-order valence-corrected chi connectivity index (χ0v) is 6.73. The second-order valence-electron chi connectivity index (χ2n) is 2.52. The topological polar surface area (TPSA) is 42.2 Å². The van der Waals surface area contributed by atoms with Crippen molar-refractivity contribution in [1.29, 1.82) is 0 Å². The molecule has 0 saturated heterocycles. The molecule has 0 bridgehead atoms. The summed E-state index contributed by atoms with van der Waals surface area (Å²) in [7, 11) is 0. The van der Waals surface area contributed by atoms with Gasteiger partial charge in [0.2, 0.25) is 0 Å². The minimum absolute atomic E-state index is 0.332. The zero-order valence-electron chi connectivity index (χ0n) is 6.73. The Hall–Kier alpha value is -1.51. The molecule has 0 spiro atoms. The number of allylic oxidation sites excluding steroid dienone is 1. The average Bonchev–Trinajstić information content (AvgIpc) is 2.48. The van der Waals surface area contributed by atoms with E-state index in [1.165, 1.54) is 0 Å². The van der Waals surface area contributed by atoms with Gasteiger partial charge in [-0.3, -0.25) is 0 Å². The van der Waals surface area contributed by atoms with Gasteiger partial charge in [-0.25, -0.2) is 4.79 Å². The molecule has 0 aromatic carbocycles. The summed E-state index contributed by atoms with van der Waals surface area (Å²) in [5.74, 6) is -0.882. The number of aromatic carboxylic acids is 1. The molecule has 1 rings (SSSR count). The molecule has 0 saturated carbocycles.